The standard InChI is InChI=1S/C19H25N3O3S/c1-8-25-18(24)15-10(3)16(20-13(15)6)17(23)14(7)26-19-21-11(4)9(2)12(5)22-19/h14,20H,8H2,1-7H3. The second-order valence-corrected chi connectivity index (χ2v) is 7.58. The smallest absolute Gasteiger partial charge is 0.340 e. The molecule has 2 heterocycles. The number of aromatic amines is 1. The Balaban J connectivity index is 2.26. The van der Waals surface area contributed by atoms with Crippen LogP contribution in [0.4, 0.5) is 0 Å². The fraction of sp³-hybridized carbons (Fsp3) is 0.474. The highest BCUT2D eigenvalue weighted by atomic mass is 32.2. The van der Waals surface area contributed by atoms with Gasteiger partial charge >= 0.3 is 5.97 Å². The highest BCUT2D eigenvalue weighted by Crippen LogP contribution is 2.27. The molecule has 0 fully saturated rings. The molecule has 1 atom stereocenters. The first-order chi connectivity index (χ1) is 12.2. The number of aryl methyl sites for hydroxylation is 3. The van der Waals surface area contributed by atoms with E-state index in [1.54, 1.807) is 20.8 Å². The number of carbonyl (C=O) groups excluding carboxylic acids is 2. The summed E-state index contributed by atoms with van der Waals surface area (Å²) in [5.74, 6) is -0.503. The second-order valence-electron chi connectivity index (χ2n) is 6.27. The first-order valence-corrected chi connectivity index (χ1v) is 9.44. The van der Waals surface area contributed by atoms with Crippen LogP contribution in [0.2, 0.25) is 0 Å². The van der Waals surface area contributed by atoms with Crippen molar-refractivity contribution in [2.75, 3.05) is 6.61 Å². The fourth-order valence-electron chi connectivity index (χ4n) is 2.71. The highest BCUT2D eigenvalue weighted by Gasteiger charge is 2.26. The summed E-state index contributed by atoms with van der Waals surface area (Å²) in [5.41, 5.74) is 5.02. The SMILES string of the molecule is CCOC(=O)c1c(C)[nH]c(C(=O)C(C)Sc2nc(C)c(C)c(C)n2)c1C. The van der Waals surface area contributed by atoms with Gasteiger partial charge in [0.1, 0.15) is 0 Å². The minimum Gasteiger partial charge on any atom is -0.462 e. The molecule has 0 spiro atoms. The summed E-state index contributed by atoms with van der Waals surface area (Å²) in [6.07, 6.45) is 0. The van der Waals surface area contributed by atoms with Gasteiger partial charge in [0.2, 0.25) is 0 Å². The van der Waals surface area contributed by atoms with Gasteiger partial charge in [-0.25, -0.2) is 14.8 Å². The van der Waals surface area contributed by atoms with Crippen LogP contribution in [-0.2, 0) is 4.74 Å². The van der Waals surface area contributed by atoms with Crippen LogP contribution in [0.3, 0.4) is 0 Å². The Morgan fingerprint density at radius 2 is 1.65 bits per heavy atom. The third-order valence-corrected chi connectivity index (χ3v) is 5.39. The zero-order chi connectivity index (χ0) is 19.6. The van der Waals surface area contributed by atoms with Crippen molar-refractivity contribution in [3.8, 4) is 0 Å². The number of carbonyl (C=O) groups is 2. The van der Waals surface area contributed by atoms with E-state index >= 15 is 0 Å². The van der Waals surface area contributed by atoms with E-state index < -0.39 is 5.97 Å². The van der Waals surface area contributed by atoms with E-state index in [4.69, 9.17) is 4.74 Å². The molecule has 140 valence electrons. The van der Waals surface area contributed by atoms with E-state index in [2.05, 4.69) is 15.0 Å². The molecule has 6 nitrogen and oxygen atoms in total. The lowest BCUT2D eigenvalue weighted by molar-refractivity contribution is 0.0525. The van der Waals surface area contributed by atoms with E-state index in [1.807, 2.05) is 27.7 Å². The molecule has 0 aromatic carbocycles. The molecular weight excluding hydrogens is 350 g/mol. The number of Topliss-reactive ketones (excluding diaryl/α,β-unsaturated/α-hetero) is 1. The Kier molecular flexibility index (Phi) is 6.23. The molecule has 26 heavy (non-hydrogen) atoms. The van der Waals surface area contributed by atoms with Crippen LogP contribution in [-0.4, -0.2) is 38.6 Å². The number of nitrogens with zero attached hydrogens (tertiary/aromatic N) is 2. The van der Waals surface area contributed by atoms with Crippen molar-refractivity contribution >= 4 is 23.5 Å². The summed E-state index contributed by atoms with van der Waals surface area (Å²) in [4.78, 5) is 37.0. The third kappa shape index (κ3) is 3.98. The molecule has 0 radical (unpaired) electrons. The monoisotopic (exact) mass is 375 g/mol. The molecule has 2 aromatic heterocycles. The predicted octanol–water partition coefficient (Wildman–Crippen LogP) is 3.89. The quantitative estimate of drug-likeness (QED) is 0.357. The molecular formula is C19H25N3O3S. The van der Waals surface area contributed by atoms with Crippen LogP contribution in [0.5, 0.6) is 0 Å². The maximum Gasteiger partial charge on any atom is 0.340 e. The van der Waals surface area contributed by atoms with Crippen molar-refractivity contribution in [1.29, 1.82) is 0 Å². The average Bonchev–Trinajstić information content (AvgIpc) is 2.86. The number of rotatable bonds is 6. The van der Waals surface area contributed by atoms with Gasteiger partial charge in [0.25, 0.3) is 0 Å². The highest BCUT2D eigenvalue weighted by molar-refractivity contribution is 8.00. The van der Waals surface area contributed by atoms with Crippen molar-refractivity contribution in [3.05, 3.63) is 39.5 Å². The first kappa shape index (κ1) is 20.2. The summed E-state index contributed by atoms with van der Waals surface area (Å²) in [6.45, 7) is 13.2. The number of thioether (sulfide) groups is 1. The molecule has 0 aliphatic carbocycles. The van der Waals surface area contributed by atoms with Gasteiger partial charge in [-0.1, -0.05) is 11.8 Å². The van der Waals surface area contributed by atoms with E-state index in [1.165, 1.54) is 11.8 Å². The number of aromatic nitrogens is 3. The van der Waals surface area contributed by atoms with Gasteiger partial charge in [0.15, 0.2) is 10.9 Å². The molecule has 0 saturated carbocycles. The van der Waals surface area contributed by atoms with Crippen molar-refractivity contribution in [1.82, 2.24) is 15.0 Å². The lowest BCUT2D eigenvalue weighted by atomic mass is 10.1. The minimum absolute atomic E-state index is 0.0920. The zero-order valence-corrected chi connectivity index (χ0v) is 17.1. The molecule has 1 N–H and O–H groups in total. The Morgan fingerprint density at radius 1 is 1.08 bits per heavy atom. The molecule has 0 bridgehead atoms. The summed E-state index contributed by atoms with van der Waals surface area (Å²) in [5, 5.41) is 0.196. The van der Waals surface area contributed by atoms with Crippen LogP contribution >= 0.6 is 11.8 Å². The number of nitrogens with one attached hydrogen (secondary N) is 1. The van der Waals surface area contributed by atoms with Crippen molar-refractivity contribution in [3.63, 3.8) is 0 Å². The maximum absolute atomic E-state index is 12.9. The van der Waals surface area contributed by atoms with Crippen molar-refractivity contribution in [2.24, 2.45) is 0 Å². The van der Waals surface area contributed by atoms with Crippen LogP contribution in [0, 0.1) is 34.6 Å². The maximum atomic E-state index is 12.9. The molecule has 2 aromatic rings. The van der Waals surface area contributed by atoms with Crippen LogP contribution in [0.25, 0.3) is 0 Å². The summed E-state index contributed by atoms with van der Waals surface area (Å²) in [7, 11) is 0. The molecule has 0 aliphatic heterocycles. The topological polar surface area (TPSA) is 84.9 Å². The Bertz CT molecular complexity index is 835. The molecule has 2 rings (SSSR count). The van der Waals surface area contributed by atoms with Gasteiger partial charge in [-0.2, -0.15) is 0 Å². The zero-order valence-electron chi connectivity index (χ0n) is 16.3. The molecule has 0 amide bonds. The normalized spacial score (nSPS) is 12.1. The molecule has 7 heteroatoms. The van der Waals surface area contributed by atoms with Gasteiger partial charge in [0, 0.05) is 17.1 Å². The largest absolute Gasteiger partial charge is 0.462 e. The van der Waals surface area contributed by atoms with Gasteiger partial charge in [-0.15, -0.1) is 0 Å². The lowest BCUT2D eigenvalue weighted by Gasteiger charge is -2.11. The average molecular weight is 375 g/mol. The number of H-pyrrole nitrogens is 1. The fourth-order valence-corrected chi connectivity index (χ4v) is 3.64. The molecule has 0 aliphatic rings. The number of ketones is 1. The number of hydrogen-bond acceptors (Lipinski definition) is 6. The van der Waals surface area contributed by atoms with Gasteiger partial charge in [-0.3, -0.25) is 4.79 Å². The molecule has 0 saturated heterocycles. The van der Waals surface area contributed by atoms with E-state index in [0.717, 1.165) is 17.0 Å². The first-order valence-electron chi connectivity index (χ1n) is 8.56. The van der Waals surface area contributed by atoms with Gasteiger partial charge in [0.05, 0.1) is 23.1 Å². The Hall–Kier alpha value is -2.15. The Morgan fingerprint density at radius 3 is 2.19 bits per heavy atom. The number of esters is 1. The van der Waals surface area contributed by atoms with Crippen molar-refractivity contribution < 1.29 is 14.3 Å². The summed E-state index contributed by atoms with van der Waals surface area (Å²) < 4.78 is 5.08. The summed E-state index contributed by atoms with van der Waals surface area (Å²) in [6, 6.07) is 0. The van der Waals surface area contributed by atoms with Crippen LogP contribution < -0.4 is 0 Å². The summed E-state index contributed by atoms with van der Waals surface area (Å²) >= 11 is 1.32. The van der Waals surface area contributed by atoms with Crippen LogP contribution in [0.1, 0.15) is 62.9 Å². The van der Waals surface area contributed by atoms with E-state index in [9.17, 15) is 9.59 Å². The third-order valence-electron chi connectivity index (χ3n) is 4.43. The number of hydrogen-bond donors (Lipinski definition) is 1. The Labute approximate surface area is 158 Å². The number of ether oxygens (including phenoxy) is 1. The minimum atomic E-state index is -0.411. The van der Waals surface area contributed by atoms with E-state index in [0.29, 0.717) is 34.3 Å². The predicted molar refractivity (Wildman–Crippen MR) is 102 cm³/mol. The van der Waals surface area contributed by atoms with Crippen LogP contribution in [0.15, 0.2) is 5.16 Å². The van der Waals surface area contributed by atoms with Crippen molar-refractivity contribution in [2.45, 2.75) is 58.9 Å². The van der Waals surface area contributed by atoms with E-state index in [-0.39, 0.29) is 11.0 Å². The van der Waals surface area contributed by atoms with Gasteiger partial charge in [-0.05, 0) is 59.6 Å². The second kappa shape index (κ2) is 8.03. The lowest BCUT2D eigenvalue weighted by Crippen LogP contribution is -2.16. The van der Waals surface area contributed by atoms with Gasteiger partial charge < -0.3 is 9.72 Å². The molecule has 1 unspecified atom stereocenters.